The van der Waals surface area contributed by atoms with Gasteiger partial charge in [0.05, 0.1) is 12.1 Å². The first kappa shape index (κ1) is 19.2. The lowest BCUT2D eigenvalue weighted by molar-refractivity contribution is 0.0310. The lowest BCUT2D eigenvalue weighted by Crippen LogP contribution is -2.45. The molecule has 0 aromatic heterocycles. The van der Waals surface area contributed by atoms with E-state index in [9.17, 15) is 0 Å². The molecule has 0 spiro atoms. The van der Waals surface area contributed by atoms with Crippen LogP contribution in [0.2, 0.25) is 0 Å². The summed E-state index contributed by atoms with van der Waals surface area (Å²) in [6, 6.07) is 0. The summed E-state index contributed by atoms with van der Waals surface area (Å²) in [6.45, 7) is 16.9. The van der Waals surface area contributed by atoms with E-state index < -0.39 is 0 Å². The number of nitrogens with one attached hydrogen (secondary N) is 2. The Morgan fingerprint density at radius 3 is 2.41 bits per heavy atom. The molecule has 1 rings (SSSR count). The molecule has 1 aliphatic rings. The molecule has 0 radical (unpaired) electrons. The van der Waals surface area contributed by atoms with Crippen molar-refractivity contribution in [2.45, 2.75) is 46.6 Å². The van der Waals surface area contributed by atoms with Gasteiger partial charge < -0.3 is 20.3 Å². The number of methoxy groups -OCH3 is 1. The van der Waals surface area contributed by atoms with Gasteiger partial charge in [-0.05, 0) is 39.0 Å². The molecule has 0 amide bonds. The Balaban J connectivity index is 2.39. The van der Waals surface area contributed by atoms with E-state index in [0.29, 0.717) is 6.54 Å². The molecular formula is C17H36N4O. The lowest BCUT2D eigenvalue weighted by atomic mass is 9.92. The summed E-state index contributed by atoms with van der Waals surface area (Å²) in [7, 11) is 1.73. The predicted octanol–water partition coefficient (Wildman–Crippen LogP) is 1.94. The maximum absolute atomic E-state index is 5.42. The molecular weight excluding hydrogens is 276 g/mol. The first-order chi connectivity index (χ1) is 10.4. The Labute approximate surface area is 136 Å². The molecule has 2 N–H and O–H groups in total. The summed E-state index contributed by atoms with van der Waals surface area (Å²) in [5, 5.41) is 6.74. The SMILES string of the molecule is CCNC(=NCC(C)(C)OC)NCCN1CC(C)CC(C)C1. The fourth-order valence-electron chi connectivity index (χ4n) is 2.98. The van der Waals surface area contributed by atoms with E-state index in [0.717, 1.165) is 37.4 Å². The fraction of sp³-hybridized carbons (Fsp3) is 0.941. The van der Waals surface area contributed by atoms with Crippen LogP contribution in [-0.2, 0) is 4.74 Å². The molecule has 2 atom stereocenters. The lowest BCUT2D eigenvalue weighted by Gasteiger charge is -2.35. The number of aliphatic imine (C=N–C) groups is 1. The highest BCUT2D eigenvalue weighted by atomic mass is 16.5. The van der Waals surface area contributed by atoms with Crippen LogP contribution in [0.5, 0.6) is 0 Å². The van der Waals surface area contributed by atoms with E-state index in [1.807, 2.05) is 0 Å². The van der Waals surface area contributed by atoms with Crippen molar-refractivity contribution in [3.63, 3.8) is 0 Å². The maximum atomic E-state index is 5.42. The first-order valence-electron chi connectivity index (χ1n) is 8.66. The van der Waals surface area contributed by atoms with Gasteiger partial charge in [0.2, 0.25) is 0 Å². The van der Waals surface area contributed by atoms with Gasteiger partial charge in [-0.1, -0.05) is 13.8 Å². The monoisotopic (exact) mass is 312 g/mol. The molecule has 0 aliphatic carbocycles. The van der Waals surface area contributed by atoms with Crippen LogP contribution in [0.25, 0.3) is 0 Å². The predicted molar refractivity (Wildman–Crippen MR) is 94.5 cm³/mol. The van der Waals surface area contributed by atoms with Crippen molar-refractivity contribution in [1.82, 2.24) is 15.5 Å². The molecule has 5 nitrogen and oxygen atoms in total. The van der Waals surface area contributed by atoms with Gasteiger partial charge in [0, 0.05) is 39.8 Å². The van der Waals surface area contributed by atoms with E-state index >= 15 is 0 Å². The fourth-order valence-corrected chi connectivity index (χ4v) is 2.98. The van der Waals surface area contributed by atoms with E-state index in [1.165, 1.54) is 19.5 Å². The molecule has 2 unspecified atom stereocenters. The average Bonchev–Trinajstić information content (AvgIpc) is 2.44. The molecule has 1 fully saturated rings. The molecule has 130 valence electrons. The summed E-state index contributed by atoms with van der Waals surface area (Å²) >= 11 is 0. The number of guanidine groups is 1. The standard InChI is InChI=1S/C17H36N4O/c1-7-18-16(20-13-17(4,5)22-6)19-8-9-21-11-14(2)10-15(3)12-21/h14-15H,7-13H2,1-6H3,(H2,18,19,20). The zero-order valence-corrected chi connectivity index (χ0v) is 15.4. The molecule has 0 bridgehead atoms. The highest BCUT2D eigenvalue weighted by Crippen LogP contribution is 2.20. The summed E-state index contributed by atoms with van der Waals surface area (Å²) in [4.78, 5) is 7.18. The molecule has 5 heteroatoms. The molecule has 1 saturated heterocycles. The van der Waals surface area contributed by atoms with Crippen LogP contribution < -0.4 is 10.6 Å². The second kappa shape index (κ2) is 9.36. The topological polar surface area (TPSA) is 48.9 Å². The van der Waals surface area contributed by atoms with Crippen molar-refractivity contribution in [3.05, 3.63) is 0 Å². The largest absolute Gasteiger partial charge is 0.377 e. The number of hydrogen-bond donors (Lipinski definition) is 2. The van der Waals surface area contributed by atoms with Crippen molar-refractivity contribution in [2.75, 3.05) is 46.4 Å². The van der Waals surface area contributed by atoms with E-state index in [4.69, 9.17) is 4.74 Å². The molecule has 1 heterocycles. The van der Waals surface area contributed by atoms with Crippen LogP contribution in [0.3, 0.4) is 0 Å². The molecule has 1 aliphatic heterocycles. The number of rotatable bonds is 7. The highest BCUT2D eigenvalue weighted by molar-refractivity contribution is 5.79. The minimum atomic E-state index is -0.222. The smallest absolute Gasteiger partial charge is 0.191 e. The van der Waals surface area contributed by atoms with Gasteiger partial charge in [0.15, 0.2) is 5.96 Å². The third-order valence-corrected chi connectivity index (χ3v) is 4.18. The van der Waals surface area contributed by atoms with Gasteiger partial charge in [-0.3, -0.25) is 4.99 Å². The highest BCUT2D eigenvalue weighted by Gasteiger charge is 2.21. The van der Waals surface area contributed by atoms with Gasteiger partial charge in [-0.15, -0.1) is 0 Å². The third-order valence-electron chi connectivity index (χ3n) is 4.18. The summed E-state index contributed by atoms with van der Waals surface area (Å²) < 4.78 is 5.42. The average molecular weight is 313 g/mol. The molecule has 0 aromatic rings. The first-order valence-corrected chi connectivity index (χ1v) is 8.66. The Hall–Kier alpha value is -0.810. The zero-order valence-electron chi connectivity index (χ0n) is 15.4. The third kappa shape index (κ3) is 7.45. The second-order valence-electron chi connectivity index (χ2n) is 7.29. The van der Waals surface area contributed by atoms with Crippen LogP contribution in [0, 0.1) is 11.8 Å². The van der Waals surface area contributed by atoms with Gasteiger partial charge >= 0.3 is 0 Å². The summed E-state index contributed by atoms with van der Waals surface area (Å²) in [5.41, 5.74) is -0.222. The van der Waals surface area contributed by atoms with Crippen molar-refractivity contribution < 1.29 is 4.74 Å². The van der Waals surface area contributed by atoms with E-state index in [-0.39, 0.29) is 5.60 Å². The van der Waals surface area contributed by atoms with Gasteiger partial charge in [-0.2, -0.15) is 0 Å². The molecule has 0 saturated carbocycles. The quantitative estimate of drug-likeness (QED) is 0.557. The zero-order chi connectivity index (χ0) is 16.6. The van der Waals surface area contributed by atoms with Crippen molar-refractivity contribution in [3.8, 4) is 0 Å². The van der Waals surface area contributed by atoms with Crippen molar-refractivity contribution >= 4 is 5.96 Å². The molecule has 22 heavy (non-hydrogen) atoms. The number of likely N-dealkylation sites (tertiary alicyclic amines) is 1. The molecule has 0 aromatic carbocycles. The number of nitrogens with zero attached hydrogens (tertiary/aromatic N) is 2. The van der Waals surface area contributed by atoms with Gasteiger partial charge in [-0.25, -0.2) is 0 Å². The Morgan fingerprint density at radius 1 is 1.23 bits per heavy atom. The Kier molecular flexibility index (Phi) is 8.18. The van der Waals surface area contributed by atoms with Crippen LogP contribution in [0.1, 0.15) is 41.0 Å². The normalized spacial score (nSPS) is 24.4. The van der Waals surface area contributed by atoms with E-state index in [1.54, 1.807) is 7.11 Å². The minimum Gasteiger partial charge on any atom is -0.377 e. The van der Waals surface area contributed by atoms with Gasteiger partial charge in [0.25, 0.3) is 0 Å². The summed E-state index contributed by atoms with van der Waals surface area (Å²) in [5.74, 6) is 2.51. The minimum absolute atomic E-state index is 0.222. The Morgan fingerprint density at radius 2 is 1.86 bits per heavy atom. The summed E-state index contributed by atoms with van der Waals surface area (Å²) in [6.07, 6.45) is 1.36. The number of ether oxygens (including phenoxy) is 1. The number of piperidine rings is 1. The van der Waals surface area contributed by atoms with Crippen LogP contribution >= 0.6 is 0 Å². The van der Waals surface area contributed by atoms with Crippen LogP contribution in [0.15, 0.2) is 4.99 Å². The van der Waals surface area contributed by atoms with Crippen LogP contribution in [0.4, 0.5) is 0 Å². The Bertz CT molecular complexity index is 334. The van der Waals surface area contributed by atoms with Crippen molar-refractivity contribution in [2.24, 2.45) is 16.8 Å². The van der Waals surface area contributed by atoms with Gasteiger partial charge in [0.1, 0.15) is 0 Å². The van der Waals surface area contributed by atoms with E-state index in [2.05, 4.69) is 55.1 Å². The van der Waals surface area contributed by atoms with Crippen molar-refractivity contribution in [1.29, 1.82) is 0 Å². The van der Waals surface area contributed by atoms with Crippen LogP contribution in [-0.4, -0.2) is 62.8 Å². The maximum Gasteiger partial charge on any atom is 0.191 e. The number of hydrogen-bond acceptors (Lipinski definition) is 3. The second-order valence-corrected chi connectivity index (χ2v) is 7.29.